The molecule has 112 valence electrons. The summed E-state index contributed by atoms with van der Waals surface area (Å²) in [5, 5.41) is 5.29. The maximum absolute atomic E-state index is 13.0. The number of rotatable bonds is 3. The van der Waals surface area contributed by atoms with Crippen LogP contribution in [0, 0.1) is 0 Å². The predicted molar refractivity (Wildman–Crippen MR) is 79.3 cm³/mol. The number of nitrogens with one attached hydrogen (secondary N) is 2. The molecule has 0 radical (unpaired) electrons. The molecule has 1 fully saturated rings. The zero-order valence-corrected chi connectivity index (χ0v) is 13.2. The van der Waals surface area contributed by atoms with E-state index in [0.29, 0.717) is 0 Å². The van der Waals surface area contributed by atoms with Crippen molar-refractivity contribution in [1.29, 1.82) is 0 Å². The molecule has 2 rings (SSSR count). The standard InChI is InChI=1S/C13H15BrF2N2O.ClH/c1-8(9-2-4-10(14)5-3-9)18-12(19)11-6-13(15,16)7-17-11;/h2-5,8,11,17H,6-7H2,1H3,(H,18,19);1H. The lowest BCUT2D eigenvalue weighted by Gasteiger charge is -2.17. The average molecular weight is 370 g/mol. The molecule has 2 atom stereocenters. The zero-order chi connectivity index (χ0) is 14.0. The summed E-state index contributed by atoms with van der Waals surface area (Å²) in [6.07, 6.45) is -0.439. The summed E-state index contributed by atoms with van der Waals surface area (Å²) in [4.78, 5) is 11.9. The van der Waals surface area contributed by atoms with Crippen LogP contribution in [0.15, 0.2) is 28.7 Å². The van der Waals surface area contributed by atoms with Crippen LogP contribution in [0.3, 0.4) is 0 Å². The van der Waals surface area contributed by atoms with E-state index in [1.165, 1.54) is 0 Å². The first-order chi connectivity index (χ1) is 8.87. The Morgan fingerprint density at radius 2 is 2.05 bits per heavy atom. The minimum absolute atomic E-state index is 0. The lowest BCUT2D eigenvalue weighted by Crippen LogP contribution is -2.41. The average Bonchev–Trinajstić information content (AvgIpc) is 2.70. The van der Waals surface area contributed by atoms with Gasteiger partial charge >= 0.3 is 0 Å². The number of carbonyl (C=O) groups excluding carboxylic acids is 1. The maximum Gasteiger partial charge on any atom is 0.262 e. The van der Waals surface area contributed by atoms with E-state index in [1.54, 1.807) is 0 Å². The van der Waals surface area contributed by atoms with Crippen molar-refractivity contribution < 1.29 is 13.6 Å². The zero-order valence-electron chi connectivity index (χ0n) is 10.8. The van der Waals surface area contributed by atoms with Gasteiger partial charge in [0.25, 0.3) is 5.92 Å². The van der Waals surface area contributed by atoms with Crippen LogP contribution < -0.4 is 10.6 Å². The fourth-order valence-electron chi connectivity index (χ4n) is 2.05. The van der Waals surface area contributed by atoms with Crippen molar-refractivity contribution in [3.05, 3.63) is 34.3 Å². The molecule has 2 N–H and O–H groups in total. The van der Waals surface area contributed by atoms with E-state index in [9.17, 15) is 13.6 Å². The Labute approximate surface area is 131 Å². The largest absolute Gasteiger partial charge is 0.348 e. The maximum atomic E-state index is 13.0. The topological polar surface area (TPSA) is 41.1 Å². The van der Waals surface area contributed by atoms with Crippen molar-refractivity contribution in [2.75, 3.05) is 6.54 Å². The highest BCUT2D eigenvalue weighted by molar-refractivity contribution is 9.10. The monoisotopic (exact) mass is 368 g/mol. The third-order valence-electron chi connectivity index (χ3n) is 3.16. The Kier molecular flexibility index (Phi) is 5.91. The van der Waals surface area contributed by atoms with E-state index >= 15 is 0 Å². The van der Waals surface area contributed by atoms with Gasteiger partial charge < -0.3 is 5.32 Å². The second-order valence-corrected chi connectivity index (χ2v) is 5.69. The lowest BCUT2D eigenvalue weighted by atomic mass is 10.1. The Hall–Kier alpha value is -0.720. The van der Waals surface area contributed by atoms with Crippen LogP contribution in [-0.4, -0.2) is 24.4 Å². The van der Waals surface area contributed by atoms with Gasteiger partial charge in [0, 0.05) is 10.9 Å². The normalized spacial score (nSPS) is 21.9. The molecule has 0 saturated carbocycles. The van der Waals surface area contributed by atoms with Crippen LogP contribution in [0.4, 0.5) is 8.78 Å². The van der Waals surface area contributed by atoms with Gasteiger partial charge in [-0.3, -0.25) is 10.1 Å². The highest BCUT2D eigenvalue weighted by Gasteiger charge is 2.42. The SMILES string of the molecule is CC(NC(=O)C1CC(F)(F)CN1)c1ccc(Br)cc1.Cl. The molecule has 7 heteroatoms. The van der Waals surface area contributed by atoms with Gasteiger partial charge in [-0.2, -0.15) is 0 Å². The third-order valence-corrected chi connectivity index (χ3v) is 3.68. The number of alkyl halides is 2. The van der Waals surface area contributed by atoms with Crippen LogP contribution in [0.1, 0.15) is 24.9 Å². The summed E-state index contributed by atoms with van der Waals surface area (Å²) in [5.41, 5.74) is 0.932. The molecule has 1 aliphatic rings. The number of hydrogen-bond acceptors (Lipinski definition) is 2. The smallest absolute Gasteiger partial charge is 0.262 e. The molecule has 1 saturated heterocycles. The van der Waals surface area contributed by atoms with Gasteiger partial charge in [0.1, 0.15) is 0 Å². The quantitative estimate of drug-likeness (QED) is 0.860. The molecule has 1 aliphatic heterocycles. The van der Waals surface area contributed by atoms with Gasteiger partial charge in [0.05, 0.1) is 18.6 Å². The molecule has 3 nitrogen and oxygen atoms in total. The number of hydrogen-bond donors (Lipinski definition) is 2. The number of benzene rings is 1. The summed E-state index contributed by atoms with van der Waals surface area (Å²) >= 11 is 3.33. The van der Waals surface area contributed by atoms with Gasteiger partial charge in [-0.25, -0.2) is 8.78 Å². The molecule has 0 aliphatic carbocycles. The van der Waals surface area contributed by atoms with Crippen LogP contribution in [-0.2, 0) is 4.79 Å². The Bertz CT molecular complexity index is 470. The van der Waals surface area contributed by atoms with Crippen molar-refractivity contribution in [3.8, 4) is 0 Å². The molecular formula is C13H16BrClF2N2O. The Morgan fingerprint density at radius 3 is 2.55 bits per heavy atom. The van der Waals surface area contributed by atoms with E-state index in [0.717, 1.165) is 10.0 Å². The molecule has 0 aromatic heterocycles. The predicted octanol–water partition coefficient (Wildman–Crippen LogP) is 3.05. The molecule has 1 amide bonds. The van der Waals surface area contributed by atoms with Crippen molar-refractivity contribution >= 4 is 34.2 Å². The molecule has 0 spiro atoms. The molecule has 1 aromatic carbocycles. The van der Waals surface area contributed by atoms with Crippen LogP contribution in [0.5, 0.6) is 0 Å². The third kappa shape index (κ3) is 4.40. The molecule has 0 bridgehead atoms. The second kappa shape index (κ2) is 6.83. The fourth-order valence-corrected chi connectivity index (χ4v) is 2.31. The highest BCUT2D eigenvalue weighted by atomic mass is 79.9. The van der Waals surface area contributed by atoms with Crippen molar-refractivity contribution in [3.63, 3.8) is 0 Å². The van der Waals surface area contributed by atoms with Crippen molar-refractivity contribution in [2.45, 2.75) is 31.4 Å². The van der Waals surface area contributed by atoms with E-state index in [1.807, 2.05) is 31.2 Å². The van der Waals surface area contributed by atoms with E-state index in [2.05, 4.69) is 26.6 Å². The summed E-state index contributed by atoms with van der Waals surface area (Å²) < 4.78 is 27.0. The van der Waals surface area contributed by atoms with Crippen LogP contribution in [0.2, 0.25) is 0 Å². The fraction of sp³-hybridized carbons (Fsp3) is 0.462. The molecule has 1 heterocycles. The van der Waals surface area contributed by atoms with Crippen LogP contribution >= 0.6 is 28.3 Å². The summed E-state index contributed by atoms with van der Waals surface area (Å²) in [6.45, 7) is 1.39. The van der Waals surface area contributed by atoms with Crippen molar-refractivity contribution in [1.82, 2.24) is 10.6 Å². The molecule has 20 heavy (non-hydrogen) atoms. The first-order valence-corrected chi connectivity index (χ1v) is 6.84. The first kappa shape index (κ1) is 17.3. The number of halogens is 4. The first-order valence-electron chi connectivity index (χ1n) is 6.04. The minimum atomic E-state index is -2.79. The summed E-state index contributed by atoms with van der Waals surface area (Å²) in [7, 11) is 0. The molecule has 1 aromatic rings. The lowest BCUT2D eigenvalue weighted by molar-refractivity contribution is -0.124. The van der Waals surface area contributed by atoms with Crippen molar-refractivity contribution in [2.24, 2.45) is 0 Å². The van der Waals surface area contributed by atoms with E-state index < -0.39 is 24.9 Å². The Balaban J connectivity index is 0.00000200. The second-order valence-electron chi connectivity index (χ2n) is 4.78. The van der Waals surface area contributed by atoms with Gasteiger partial charge in [0.2, 0.25) is 5.91 Å². The minimum Gasteiger partial charge on any atom is -0.348 e. The summed E-state index contributed by atoms with van der Waals surface area (Å²) in [6, 6.07) is 6.49. The number of amides is 1. The number of carbonyl (C=O) groups is 1. The van der Waals surface area contributed by atoms with E-state index in [-0.39, 0.29) is 24.4 Å². The molecular weight excluding hydrogens is 354 g/mol. The summed E-state index contributed by atoms with van der Waals surface area (Å²) in [5.74, 6) is -3.17. The van der Waals surface area contributed by atoms with E-state index in [4.69, 9.17) is 0 Å². The van der Waals surface area contributed by atoms with Gasteiger partial charge in [-0.1, -0.05) is 28.1 Å². The molecule has 2 unspecified atom stereocenters. The Morgan fingerprint density at radius 1 is 1.45 bits per heavy atom. The van der Waals surface area contributed by atoms with Gasteiger partial charge in [0.15, 0.2) is 0 Å². The van der Waals surface area contributed by atoms with Crippen LogP contribution in [0.25, 0.3) is 0 Å². The van der Waals surface area contributed by atoms with Gasteiger partial charge in [-0.15, -0.1) is 12.4 Å². The van der Waals surface area contributed by atoms with Gasteiger partial charge in [-0.05, 0) is 24.6 Å². The highest BCUT2D eigenvalue weighted by Crippen LogP contribution is 2.25.